The smallest absolute Gasteiger partial charge is 0.289 e. The Hall–Kier alpha value is -3.75. The Labute approximate surface area is 183 Å². The summed E-state index contributed by atoms with van der Waals surface area (Å²) >= 11 is 0. The number of aromatic nitrogens is 1. The molecule has 164 valence electrons. The molecule has 9 heteroatoms. The lowest BCUT2D eigenvalue weighted by molar-refractivity contribution is -0.135. The van der Waals surface area contributed by atoms with Gasteiger partial charge in [0, 0.05) is 37.8 Å². The number of benzene rings is 1. The summed E-state index contributed by atoms with van der Waals surface area (Å²) in [5, 5.41) is 4.24. The molecule has 32 heavy (non-hydrogen) atoms. The van der Waals surface area contributed by atoms with Gasteiger partial charge in [-0.3, -0.25) is 9.59 Å². The van der Waals surface area contributed by atoms with Crippen LogP contribution >= 0.6 is 0 Å². The molecule has 0 radical (unpaired) electrons. The number of hydrogen-bond acceptors (Lipinski definition) is 7. The fourth-order valence-electron chi connectivity index (χ4n) is 4.36. The van der Waals surface area contributed by atoms with Crippen molar-refractivity contribution in [2.75, 3.05) is 33.0 Å². The summed E-state index contributed by atoms with van der Waals surface area (Å²) < 4.78 is 21.6. The highest BCUT2D eigenvalue weighted by molar-refractivity contribution is 5.93. The standard InChI is InChI=1S/C23H21N3O6/c27-21(17-2-1-11-29-17)25-7-9-26(10-8-25)22(28)23(5-6-23)20-13-18(32-24-20)15-3-4-16-19(12-15)31-14-30-16/h1-4,11-13H,5-10,14H2. The Kier molecular flexibility index (Phi) is 4.24. The molecule has 3 aromatic rings. The Morgan fingerprint density at radius 1 is 0.938 bits per heavy atom. The van der Waals surface area contributed by atoms with E-state index >= 15 is 0 Å². The lowest BCUT2D eigenvalue weighted by Gasteiger charge is -2.36. The second kappa shape index (κ2) is 7.15. The normalized spacial score (nSPS) is 18.6. The number of hydrogen-bond donors (Lipinski definition) is 0. The molecule has 1 saturated carbocycles. The maximum absolute atomic E-state index is 13.4. The van der Waals surface area contributed by atoms with Crippen LogP contribution in [0.1, 0.15) is 29.1 Å². The Balaban J connectivity index is 1.15. The first-order valence-electron chi connectivity index (χ1n) is 10.6. The van der Waals surface area contributed by atoms with Crippen molar-refractivity contribution in [3.63, 3.8) is 0 Å². The van der Waals surface area contributed by atoms with Crippen LogP contribution in [-0.4, -0.2) is 59.7 Å². The van der Waals surface area contributed by atoms with Gasteiger partial charge in [0.25, 0.3) is 5.91 Å². The minimum Gasteiger partial charge on any atom is -0.459 e. The molecule has 2 amide bonds. The van der Waals surface area contributed by atoms with Gasteiger partial charge in [-0.05, 0) is 43.2 Å². The molecular weight excluding hydrogens is 414 g/mol. The molecule has 0 spiro atoms. The van der Waals surface area contributed by atoms with Crippen LogP contribution < -0.4 is 9.47 Å². The molecule has 2 aromatic heterocycles. The number of ether oxygens (including phenoxy) is 2. The van der Waals surface area contributed by atoms with E-state index in [1.807, 2.05) is 29.2 Å². The number of carbonyl (C=O) groups excluding carboxylic acids is 2. The van der Waals surface area contributed by atoms with E-state index in [0.29, 0.717) is 54.9 Å². The third-order valence-electron chi connectivity index (χ3n) is 6.40. The summed E-state index contributed by atoms with van der Waals surface area (Å²) in [5.41, 5.74) is 0.844. The van der Waals surface area contributed by atoms with Crippen LogP contribution in [0.25, 0.3) is 11.3 Å². The van der Waals surface area contributed by atoms with Crippen molar-refractivity contribution < 1.29 is 28.0 Å². The highest BCUT2D eigenvalue weighted by Gasteiger charge is 2.55. The zero-order valence-electron chi connectivity index (χ0n) is 17.3. The SMILES string of the molecule is O=C(c1ccco1)N1CCN(C(=O)C2(c3cc(-c4ccc5c(c4)OCO5)on3)CC2)CC1. The van der Waals surface area contributed by atoms with Crippen molar-refractivity contribution in [2.45, 2.75) is 18.3 Å². The van der Waals surface area contributed by atoms with Gasteiger partial charge in [-0.25, -0.2) is 0 Å². The number of carbonyl (C=O) groups is 2. The largest absolute Gasteiger partial charge is 0.459 e. The van der Waals surface area contributed by atoms with Crippen LogP contribution in [0, 0.1) is 0 Å². The van der Waals surface area contributed by atoms with Gasteiger partial charge >= 0.3 is 0 Å². The Morgan fingerprint density at radius 2 is 1.72 bits per heavy atom. The second-order valence-electron chi connectivity index (χ2n) is 8.29. The van der Waals surface area contributed by atoms with Gasteiger partial charge < -0.3 is 28.2 Å². The number of fused-ring (bicyclic) bond motifs is 1. The van der Waals surface area contributed by atoms with E-state index in [2.05, 4.69) is 5.16 Å². The van der Waals surface area contributed by atoms with Crippen LogP contribution in [0.3, 0.4) is 0 Å². The highest BCUT2D eigenvalue weighted by atomic mass is 16.7. The third kappa shape index (κ3) is 3.04. The topological polar surface area (TPSA) is 98.3 Å². The first kappa shape index (κ1) is 19.0. The van der Waals surface area contributed by atoms with Gasteiger partial charge in [-0.1, -0.05) is 5.16 Å². The molecule has 2 aliphatic heterocycles. The molecule has 4 heterocycles. The maximum Gasteiger partial charge on any atom is 0.289 e. The molecule has 0 N–H and O–H groups in total. The van der Waals surface area contributed by atoms with Gasteiger partial charge in [0.15, 0.2) is 23.0 Å². The lowest BCUT2D eigenvalue weighted by Crippen LogP contribution is -2.53. The van der Waals surface area contributed by atoms with E-state index in [9.17, 15) is 9.59 Å². The van der Waals surface area contributed by atoms with Crippen molar-refractivity contribution in [3.8, 4) is 22.8 Å². The van der Waals surface area contributed by atoms with Gasteiger partial charge in [-0.15, -0.1) is 0 Å². The molecular formula is C23H21N3O6. The minimum absolute atomic E-state index is 0.0492. The molecule has 0 bridgehead atoms. The van der Waals surface area contributed by atoms with Crippen LogP contribution in [0.2, 0.25) is 0 Å². The lowest BCUT2D eigenvalue weighted by atomic mass is 9.99. The van der Waals surface area contributed by atoms with E-state index in [4.69, 9.17) is 18.4 Å². The van der Waals surface area contributed by atoms with Crippen molar-refractivity contribution >= 4 is 11.8 Å². The number of furan rings is 1. The molecule has 3 aliphatic rings. The van der Waals surface area contributed by atoms with Crippen LogP contribution in [0.4, 0.5) is 0 Å². The summed E-state index contributed by atoms with van der Waals surface area (Å²) in [6, 6.07) is 10.8. The predicted octanol–water partition coefficient (Wildman–Crippen LogP) is 2.68. The fourth-order valence-corrected chi connectivity index (χ4v) is 4.36. The van der Waals surface area contributed by atoms with E-state index < -0.39 is 5.41 Å². The predicted molar refractivity (Wildman–Crippen MR) is 110 cm³/mol. The van der Waals surface area contributed by atoms with Crippen molar-refractivity contribution in [2.24, 2.45) is 0 Å². The summed E-state index contributed by atoms with van der Waals surface area (Å²) in [4.78, 5) is 29.4. The quantitative estimate of drug-likeness (QED) is 0.621. The van der Waals surface area contributed by atoms with Gasteiger partial charge in [0.05, 0.1) is 17.4 Å². The average Bonchev–Trinajstić information content (AvgIpc) is 3.27. The molecule has 0 atom stereocenters. The average molecular weight is 435 g/mol. The van der Waals surface area contributed by atoms with E-state index in [-0.39, 0.29) is 18.6 Å². The Morgan fingerprint density at radius 3 is 2.47 bits per heavy atom. The molecule has 0 unspecified atom stereocenters. The minimum atomic E-state index is -0.634. The molecule has 6 rings (SSSR count). The number of nitrogens with zero attached hydrogens (tertiary/aromatic N) is 3. The summed E-state index contributed by atoms with van der Waals surface area (Å²) in [6.07, 6.45) is 2.97. The van der Waals surface area contributed by atoms with Crippen LogP contribution in [0.15, 0.2) is 51.6 Å². The first-order valence-corrected chi connectivity index (χ1v) is 10.6. The first-order chi connectivity index (χ1) is 15.6. The fraction of sp³-hybridized carbons (Fsp3) is 0.348. The monoisotopic (exact) mass is 435 g/mol. The van der Waals surface area contributed by atoms with E-state index in [1.165, 1.54) is 6.26 Å². The van der Waals surface area contributed by atoms with Crippen LogP contribution in [0.5, 0.6) is 11.5 Å². The summed E-state index contributed by atoms with van der Waals surface area (Å²) in [6.45, 7) is 2.13. The molecule has 1 saturated heterocycles. The molecule has 1 aromatic carbocycles. The third-order valence-corrected chi connectivity index (χ3v) is 6.40. The van der Waals surface area contributed by atoms with E-state index in [0.717, 1.165) is 18.4 Å². The van der Waals surface area contributed by atoms with Gasteiger partial charge in [-0.2, -0.15) is 0 Å². The number of rotatable bonds is 4. The summed E-state index contributed by atoms with van der Waals surface area (Å²) in [5.74, 6) is 2.18. The molecule has 9 nitrogen and oxygen atoms in total. The zero-order chi connectivity index (χ0) is 21.7. The van der Waals surface area contributed by atoms with Gasteiger partial charge in [0.1, 0.15) is 0 Å². The van der Waals surface area contributed by atoms with Crippen molar-refractivity contribution in [3.05, 3.63) is 54.1 Å². The molecule has 2 fully saturated rings. The maximum atomic E-state index is 13.4. The zero-order valence-corrected chi connectivity index (χ0v) is 17.3. The van der Waals surface area contributed by atoms with E-state index in [1.54, 1.807) is 17.0 Å². The Bertz CT molecular complexity index is 1170. The van der Waals surface area contributed by atoms with Crippen LogP contribution in [-0.2, 0) is 10.2 Å². The number of piperazine rings is 1. The molecule has 1 aliphatic carbocycles. The number of amides is 2. The summed E-state index contributed by atoms with van der Waals surface area (Å²) in [7, 11) is 0. The highest BCUT2D eigenvalue weighted by Crippen LogP contribution is 2.50. The van der Waals surface area contributed by atoms with Crippen molar-refractivity contribution in [1.29, 1.82) is 0 Å². The van der Waals surface area contributed by atoms with Gasteiger partial charge in [0.2, 0.25) is 12.7 Å². The second-order valence-corrected chi connectivity index (χ2v) is 8.29. The van der Waals surface area contributed by atoms with Crippen molar-refractivity contribution in [1.82, 2.24) is 15.0 Å².